The number of nitrogens with two attached hydrogens (primary N) is 2. The first-order valence-electron chi connectivity index (χ1n) is 6.40. The second-order valence-corrected chi connectivity index (χ2v) is 5.58. The maximum Gasteiger partial charge on any atom is 0.251 e. The fraction of sp³-hybridized carbons (Fsp3) is 0.417. The van der Waals surface area contributed by atoms with Gasteiger partial charge in [0.15, 0.2) is 0 Å². The first kappa shape index (κ1) is 15.4. The SMILES string of the molecule is NC(=O)c1ccsc1NC(=O)CN1CCNCC1C(N)=O. The Hall–Kier alpha value is -1.97. The summed E-state index contributed by atoms with van der Waals surface area (Å²) >= 11 is 1.22. The van der Waals surface area contributed by atoms with Crippen molar-refractivity contribution in [2.75, 3.05) is 31.5 Å². The smallest absolute Gasteiger partial charge is 0.251 e. The lowest BCUT2D eigenvalue weighted by atomic mass is 10.2. The third-order valence-corrected chi connectivity index (χ3v) is 4.04. The van der Waals surface area contributed by atoms with Gasteiger partial charge in [0.1, 0.15) is 11.0 Å². The van der Waals surface area contributed by atoms with Gasteiger partial charge in [-0.3, -0.25) is 19.3 Å². The molecule has 1 unspecified atom stereocenters. The quantitative estimate of drug-likeness (QED) is 0.528. The summed E-state index contributed by atoms with van der Waals surface area (Å²) in [6.07, 6.45) is 0. The molecule has 0 radical (unpaired) electrons. The third-order valence-electron chi connectivity index (χ3n) is 3.21. The van der Waals surface area contributed by atoms with E-state index in [0.29, 0.717) is 24.6 Å². The molecule has 0 aliphatic carbocycles. The van der Waals surface area contributed by atoms with Crippen molar-refractivity contribution in [1.82, 2.24) is 10.2 Å². The van der Waals surface area contributed by atoms with Crippen LogP contribution in [0.4, 0.5) is 5.00 Å². The van der Waals surface area contributed by atoms with Crippen LogP contribution in [-0.4, -0.2) is 54.8 Å². The van der Waals surface area contributed by atoms with Crippen LogP contribution in [0.25, 0.3) is 0 Å². The van der Waals surface area contributed by atoms with Gasteiger partial charge in [0.05, 0.1) is 12.1 Å². The molecule has 0 aromatic carbocycles. The van der Waals surface area contributed by atoms with Crippen LogP contribution in [0.3, 0.4) is 0 Å². The average Bonchev–Trinajstić information content (AvgIpc) is 2.87. The Labute approximate surface area is 125 Å². The lowest BCUT2D eigenvalue weighted by molar-refractivity contribution is -0.125. The molecule has 21 heavy (non-hydrogen) atoms. The Balaban J connectivity index is 1.99. The highest BCUT2D eigenvalue weighted by Gasteiger charge is 2.28. The molecule has 9 heteroatoms. The largest absolute Gasteiger partial charge is 0.368 e. The van der Waals surface area contributed by atoms with Gasteiger partial charge >= 0.3 is 0 Å². The molecule has 1 saturated heterocycles. The molecule has 0 spiro atoms. The minimum atomic E-state index is -0.594. The van der Waals surface area contributed by atoms with Crippen LogP contribution in [-0.2, 0) is 9.59 Å². The number of carbonyl (C=O) groups excluding carboxylic acids is 3. The maximum atomic E-state index is 12.1. The molecule has 0 saturated carbocycles. The summed E-state index contributed by atoms with van der Waals surface area (Å²) < 4.78 is 0. The number of amides is 3. The Morgan fingerprint density at radius 1 is 1.43 bits per heavy atom. The second kappa shape index (κ2) is 6.66. The lowest BCUT2D eigenvalue weighted by Crippen LogP contribution is -2.58. The van der Waals surface area contributed by atoms with Crippen molar-refractivity contribution in [3.05, 3.63) is 17.0 Å². The van der Waals surface area contributed by atoms with E-state index in [9.17, 15) is 14.4 Å². The summed E-state index contributed by atoms with van der Waals surface area (Å²) in [5.74, 6) is -1.37. The van der Waals surface area contributed by atoms with Gasteiger partial charge in [0.25, 0.3) is 5.91 Å². The zero-order valence-electron chi connectivity index (χ0n) is 11.3. The molecule has 8 nitrogen and oxygen atoms in total. The molecule has 2 rings (SSSR count). The Kier molecular flexibility index (Phi) is 4.89. The van der Waals surface area contributed by atoms with Crippen molar-refractivity contribution in [2.24, 2.45) is 11.5 Å². The van der Waals surface area contributed by atoms with Crippen LogP contribution >= 0.6 is 11.3 Å². The Morgan fingerprint density at radius 3 is 2.86 bits per heavy atom. The van der Waals surface area contributed by atoms with E-state index < -0.39 is 17.9 Å². The number of primary amides is 2. The van der Waals surface area contributed by atoms with E-state index >= 15 is 0 Å². The monoisotopic (exact) mass is 311 g/mol. The van der Waals surface area contributed by atoms with Gasteiger partial charge in [-0.2, -0.15) is 0 Å². The van der Waals surface area contributed by atoms with E-state index in [2.05, 4.69) is 10.6 Å². The van der Waals surface area contributed by atoms with Crippen LogP contribution < -0.4 is 22.1 Å². The number of nitrogens with zero attached hydrogens (tertiary/aromatic N) is 1. The first-order valence-corrected chi connectivity index (χ1v) is 7.28. The minimum absolute atomic E-state index is 0.0331. The van der Waals surface area contributed by atoms with E-state index in [1.165, 1.54) is 11.3 Å². The van der Waals surface area contributed by atoms with Crippen LogP contribution in [0.15, 0.2) is 11.4 Å². The van der Waals surface area contributed by atoms with E-state index in [-0.39, 0.29) is 18.0 Å². The highest BCUT2D eigenvalue weighted by molar-refractivity contribution is 7.14. The first-order chi connectivity index (χ1) is 9.99. The fourth-order valence-corrected chi connectivity index (χ4v) is 2.98. The third kappa shape index (κ3) is 3.78. The van der Waals surface area contributed by atoms with Crippen LogP contribution in [0.2, 0.25) is 0 Å². The molecule has 2 heterocycles. The van der Waals surface area contributed by atoms with Gasteiger partial charge in [-0.15, -0.1) is 11.3 Å². The molecule has 6 N–H and O–H groups in total. The van der Waals surface area contributed by atoms with Crippen LogP contribution in [0.1, 0.15) is 10.4 Å². The number of hydrogen-bond donors (Lipinski definition) is 4. The van der Waals surface area contributed by atoms with Gasteiger partial charge in [-0.05, 0) is 11.4 Å². The lowest BCUT2D eigenvalue weighted by Gasteiger charge is -2.33. The summed E-state index contributed by atoms with van der Waals surface area (Å²) in [6.45, 7) is 1.69. The molecule has 1 aromatic rings. The highest BCUT2D eigenvalue weighted by atomic mass is 32.1. The normalized spacial score (nSPS) is 19.1. The number of nitrogens with one attached hydrogen (secondary N) is 2. The predicted molar refractivity (Wildman–Crippen MR) is 78.9 cm³/mol. The highest BCUT2D eigenvalue weighted by Crippen LogP contribution is 2.22. The molecule has 1 fully saturated rings. The zero-order valence-corrected chi connectivity index (χ0v) is 12.1. The summed E-state index contributed by atoms with van der Waals surface area (Å²) in [6, 6.07) is 1.04. The average molecular weight is 311 g/mol. The summed E-state index contributed by atoms with van der Waals surface area (Å²) in [5, 5.41) is 7.79. The van der Waals surface area contributed by atoms with Gasteiger partial charge < -0.3 is 22.1 Å². The summed E-state index contributed by atoms with van der Waals surface area (Å²) in [5.41, 5.74) is 10.8. The van der Waals surface area contributed by atoms with Gasteiger partial charge in [0.2, 0.25) is 11.8 Å². The van der Waals surface area contributed by atoms with Gasteiger partial charge in [-0.1, -0.05) is 0 Å². The molecule has 0 bridgehead atoms. The van der Waals surface area contributed by atoms with Crippen LogP contribution in [0, 0.1) is 0 Å². The van der Waals surface area contributed by atoms with Gasteiger partial charge in [0, 0.05) is 19.6 Å². The Morgan fingerprint density at radius 2 is 2.19 bits per heavy atom. The summed E-state index contributed by atoms with van der Waals surface area (Å²) in [7, 11) is 0. The predicted octanol–water partition coefficient (Wildman–Crippen LogP) is -1.46. The van der Waals surface area contributed by atoms with Crippen molar-refractivity contribution in [3.63, 3.8) is 0 Å². The van der Waals surface area contributed by atoms with Crippen molar-refractivity contribution >= 4 is 34.1 Å². The molecular weight excluding hydrogens is 294 g/mol. The summed E-state index contributed by atoms with van der Waals surface area (Å²) in [4.78, 5) is 36.3. The minimum Gasteiger partial charge on any atom is -0.368 e. The molecule has 114 valence electrons. The van der Waals surface area contributed by atoms with Crippen molar-refractivity contribution in [1.29, 1.82) is 0 Å². The maximum absolute atomic E-state index is 12.1. The standard InChI is InChI=1S/C12H17N5O3S/c13-10(19)7-1-4-21-12(7)16-9(18)6-17-3-2-15-5-8(17)11(14)20/h1,4,8,15H,2-3,5-6H2,(H2,13,19)(H2,14,20)(H,16,18). The topological polar surface area (TPSA) is 131 Å². The number of rotatable bonds is 5. The molecule has 1 aliphatic rings. The molecule has 1 aromatic heterocycles. The number of piperazine rings is 1. The number of anilines is 1. The zero-order chi connectivity index (χ0) is 15.4. The number of thiophene rings is 1. The number of hydrogen-bond acceptors (Lipinski definition) is 6. The second-order valence-electron chi connectivity index (χ2n) is 4.67. The molecule has 3 amide bonds. The van der Waals surface area contributed by atoms with E-state index in [1.54, 1.807) is 16.3 Å². The van der Waals surface area contributed by atoms with Crippen LogP contribution in [0.5, 0.6) is 0 Å². The molecule has 1 aliphatic heterocycles. The van der Waals surface area contributed by atoms with E-state index in [4.69, 9.17) is 11.5 Å². The van der Waals surface area contributed by atoms with Crippen molar-refractivity contribution in [2.45, 2.75) is 6.04 Å². The molecule has 1 atom stereocenters. The van der Waals surface area contributed by atoms with E-state index in [0.717, 1.165) is 0 Å². The Bertz CT molecular complexity index is 559. The van der Waals surface area contributed by atoms with E-state index in [1.807, 2.05) is 0 Å². The van der Waals surface area contributed by atoms with Crippen molar-refractivity contribution in [3.8, 4) is 0 Å². The molecular formula is C12H17N5O3S. The van der Waals surface area contributed by atoms with Crippen molar-refractivity contribution < 1.29 is 14.4 Å². The fourth-order valence-electron chi connectivity index (χ4n) is 2.17. The number of carbonyl (C=O) groups is 3. The van der Waals surface area contributed by atoms with Gasteiger partial charge in [-0.25, -0.2) is 0 Å².